The maximum atomic E-state index is 13.6. The van der Waals surface area contributed by atoms with Gasteiger partial charge in [0.25, 0.3) is 5.56 Å². The summed E-state index contributed by atoms with van der Waals surface area (Å²) >= 11 is 0. The first-order valence-corrected chi connectivity index (χ1v) is 7.92. The average molecular weight is 345 g/mol. The normalized spacial score (nSPS) is 10.4. The van der Waals surface area contributed by atoms with E-state index >= 15 is 0 Å². The summed E-state index contributed by atoms with van der Waals surface area (Å²) in [5.74, 6) is -1.11. The van der Waals surface area contributed by atoms with E-state index in [-0.39, 0.29) is 31.1 Å². The zero-order valence-corrected chi connectivity index (χ0v) is 14.1. The molecule has 0 bridgehead atoms. The lowest BCUT2D eigenvalue weighted by Crippen LogP contribution is -2.34. The summed E-state index contributed by atoms with van der Waals surface area (Å²) in [6.45, 7) is 3.19. The Balaban J connectivity index is 2.09. The minimum Gasteiger partial charge on any atom is -0.350 e. The fourth-order valence-corrected chi connectivity index (χ4v) is 2.24. The number of anilines is 1. The van der Waals surface area contributed by atoms with Gasteiger partial charge in [0.2, 0.25) is 11.8 Å². The second-order valence-electron chi connectivity index (χ2n) is 5.55. The molecule has 7 heteroatoms. The molecule has 132 valence electrons. The Morgan fingerprint density at radius 3 is 2.52 bits per heavy atom. The van der Waals surface area contributed by atoms with Crippen molar-refractivity contribution in [2.45, 2.75) is 33.4 Å². The number of carbonyl (C=O) groups excluding carboxylic acids is 2. The predicted octanol–water partition coefficient (Wildman–Crippen LogP) is 1.96. The number of amides is 2. The van der Waals surface area contributed by atoms with Crippen LogP contribution in [0.3, 0.4) is 0 Å². The van der Waals surface area contributed by atoms with Crippen molar-refractivity contribution in [3.63, 3.8) is 0 Å². The van der Waals surface area contributed by atoms with Crippen molar-refractivity contribution in [2.24, 2.45) is 0 Å². The Morgan fingerprint density at radius 1 is 1.12 bits per heavy atom. The van der Waals surface area contributed by atoms with Crippen LogP contribution < -0.4 is 16.2 Å². The molecule has 0 aliphatic carbocycles. The molecule has 0 radical (unpaired) electrons. The standard InChI is InChI=1S/C18H20FN3O3/c1-3-16(23)21-15-9-8-12(2)22(18(15)25)11-17(24)20-10-13-6-4-5-7-14(13)19/h4-9H,3,10-11H2,1-2H3,(H,20,24)(H,21,23). The van der Waals surface area contributed by atoms with Gasteiger partial charge in [-0.15, -0.1) is 0 Å². The van der Waals surface area contributed by atoms with Gasteiger partial charge in [0.05, 0.1) is 0 Å². The molecule has 25 heavy (non-hydrogen) atoms. The van der Waals surface area contributed by atoms with Gasteiger partial charge in [-0.1, -0.05) is 25.1 Å². The topological polar surface area (TPSA) is 80.2 Å². The monoisotopic (exact) mass is 345 g/mol. The Bertz CT molecular complexity index is 846. The highest BCUT2D eigenvalue weighted by atomic mass is 19.1. The fourth-order valence-electron chi connectivity index (χ4n) is 2.24. The lowest BCUT2D eigenvalue weighted by atomic mass is 10.2. The molecule has 0 aliphatic rings. The largest absolute Gasteiger partial charge is 0.350 e. The van der Waals surface area contributed by atoms with E-state index in [0.29, 0.717) is 11.3 Å². The summed E-state index contributed by atoms with van der Waals surface area (Å²) in [6, 6.07) is 9.30. The van der Waals surface area contributed by atoms with Crippen molar-refractivity contribution in [1.82, 2.24) is 9.88 Å². The van der Waals surface area contributed by atoms with Crippen LogP contribution in [-0.4, -0.2) is 16.4 Å². The van der Waals surface area contributed by atoms with E-state index in [4.69, 9.17) is 0 Å². The summed E-state index contributed by atoms with van der Waals surface area (Å²) in [7, 11) is 0. The summed E-state index contributed by atoms with van der Waals surface area (Å²) in [4.78, 5) is 36.0. The van der Waals surface area contributed by atoms with E-state index in [2.05, 4.69) is 10.6 Å². The number of halogens is 1. The average Bonchev–Trinajstić information content (AvgIpc) is 2.60. The van der Waals surface area contributed by atoms with E-state index < -0.39 is 17.3 Å². The molecule has 2 aromatic rings. The van der Waals surface area contributed by atoms with Crippen LogP contribution in [0, 0.1) is 12.7 Å². The molecule has 0 spiro atoms. The Labute approximate surface area is 144 Å². The van der Waals surface area contributed by atoms with Crippen LogP contribution in [0.2, 0.25) is 0 Å². The third kappa shape index (κ3) is 4.76. The molecule has 0 saturated heterocycles. The van der Waals surface area contributed by atoms with Crippen molar-refractivity contribution in [3.8, 4) is 0 Å². The highest BCUT2D eigenvalue weighted by Crippen LogP contribution is 2.06. The number of benzene rings is 1. The number of carbonyl (C=O) groups is 2. The van der Waals surface area contributed by atoms with Crippen LogP contribution in [0.4, 0.5) is 10.1 Å². The number of aromatic nitrogens is 1. The number of aryl methyl sites for hydroxylation is 1. The summed E-state index contributed by atoms with van der Waals surface area (Å²) < 4.78 is 14.8. The van der Waals surface area contributed by atoms with E-state index in [9.17, 15) is 18.8 Å². The van der Waals surface area contributed by atoms with Crippen molar-refractivity contribution in [3.05, 3.63) is 63.8 Å². The van der Waals surface area contributed by atoms with Gasteiger partial charge in [-0.25, -0.2) is 4.39 Å². The van der Waals surface area contributed by atoms with E-state index in [0.717, 1.165) is 0 Å². The number of hydrogen-bond acceptors (Lipinski definition) is 3. The summed E-state index contributed by atoms with van der Waals surface area (Å²) in [5.41, 5.74) is 0.617. The smallest absolute Gasteiger partial charge is 0.274 e. The lowest BCUT2D eigenvalue weighted by Gasteiger charge is -2.13. The minimum atomic E-state index is -0.456. The van der Waals surface area contributed by atoms with Crippen LogP contribution in [-0.2, 0) is 22.7 Å². The third-order valence-electron chi connectivity index (χ3n) is 3.72. The highest BCUT2D eigenvalue weighted by molar-refractivity contribution is 5.90. The highest BCUT2D eigenvalue weighted by Gasteiger charge is 2.12. The van der Waals surface area contributed by atoms with Crippen LogP contribution >= 0.6 is 0 Å². The van der Waals surface area contributed by atoms with E-state index in [1.54, 1.807) is 38.1 Å². The molecule has 1 heterocycles. The fraction of sp³-hybridized carbons (Fsp3) is 0.278. The number of nitrogens with one attached hydrogen (secondary N) is 2. The van der Waals surface area contributed by atoms with Crippen molar-refractivity contribution < 1.29 is 14.0 Å². The van der Waals surface area contributed by atoms with Gasteiger partial charge in [-0.3, -0.25) is 14.4 Å². The number of hydrogen-bond donors (Lipinski definition) is 2. The van der Waals surface area contributed by atoms with Crippen molar-refractivity contribution in [2.75, 3.05) is 5.32 Å². The maximum Gasteiger partial charge on any atom is 0.274 e. The van der Waals surface area contributed by atoms with Gasteiger partial charge in [-0.05, 0) is 25.1 Å². The quantitative estimate of drug-likeness (QED) is 0.840. The third-order valence-corrected chi connectivity index (χ3v) is 3.72. The van der Waals surface area contributed by atoms with Crippen LogP contribution in [0.25, 0.3) is 0 Å². The van der Waals surface area contributed by atoms with Crippen LogP contribution in [0.15, 0.2) is 41.2 Å². The minimum absolute atomic E-state index is 0.0333. The molecule has 2 amide bonds. The molecular weight excluding hydrogens is 325 g/mol. The van der Waals surface area contributed by atoms with Gasteiger partial charge in [0.15, 0.2) is 0 Å². The molecule has 0 fully saturated rings. The number of pyridine rings is 1. The van der Waals surface area contributed by atoms with Gasteiger partial charge in [0.1, 0.15) is 18.0 Å². The Kier molecular flexibility index (Phi) is 6.05. The molecule has 6 nitrogen and oxygen atoms in total. The van der Waals surface area contributed by atoms with Gasteiger partial charge in [-0.2, -0.15) is 0 Å². The zero-order valence-electron chi connectivity index (χ0n) is 14.1. The Hall–Kier alpha value is -2.96. The molecule has 1 aromatic carbocycles. The first-order valence-electron chi connectivity index (χ1n) is 7.92. The summed E-state index contributed by atoms with van der Waals surface area (Å²) in [5, 5.41) is 5.10. The molecule has 2 rings (SSSR count). The summed E-state index contributed by atoms with van der Waals surface area (Å²) in [6.07, 6.45) is 0.246. The van der Waals surface area contributed by atoms with Gasteiger partial charge >= 0.3 is 0 Å². The number of nitrogens with zero attached hydrogens (tertiary/aromatic N) is 1. The Morgan fingerprint density at radius 2 is 1.84 bits per heavy atom. The molecule has 0 atom stereocenters. The zero-order chi connectivity index (χ0) is 18.4. The van der Waals surface area contributed by atoms with Crippen LogP contribution in [0.5, 0.6) is 0 Å². The number of rotatable bonds is 6. The molecule has 2 N–H and O–H groups in total. The molecule has 0 aliphatic heterocycles. The van der Waals surface area contributed by atoms with Crippen LogP contribution in [0.1, 0.15) is 24.6 Å². The van der Waals surface area contributed by atoms with E-state index in [1.807, 2.05) is 0 Å². The predicted molar refractivity (Wildman–Crippen MR) is 92.6 cm³/mol. The van der Waals surface area contributed by atoms with Gasteiger partial charge < -0.3 is 15.2 Å². The second kappa shape index (κ2) is 8.23. The molecule has 0 unspecified atom stereocenters. The lowest BCUT2D eigenvalue weighted by molar-refractivity contribution is -0.122. The molecular formula is C18H20FN3O3. The maximum absolute atomic E-state index is 13.6. The first kappa shape index (κ1) is 18.4. The first-order chi connectivity index (χ1) is 11.9. The second-order valence-corrected chi connectivity index (χ2v) is 5.55. The van der Waals surface area contributed by atoms with Crippen molar-refractivity contribution >= 4 is 17.5 Å². The molecule has 0 saturated carbocycles. The van der Waals surface area contributed by atoms with E-state index in [1.165, 1.54) is 16.7 Å². The SMILES string of the molecule is CCC(=O)Nc1ccc(C)n(CC(=O)NCc2ccccc2F)c1=O. The molecule has 1 aromatic heterocycles. The van der Waals surface area contributed by atoms with Crippen molar-refractivity contribution in [1.29, 1.82) is 0 Å². The van der Waals surface area contributed by atoms with Gasteiger partial charge in [0, 0.05) is 24.2 Å².